The van der Waals surface area contributed by atoms with E-state index in [0.717, 1.165) is 0 Å². The summed E-state index contributed by atoms with van der Waals surface area (Å²) in [6.07, 6.45) is -0.344. The quantitative estimate of drug-likeness (QED) is 0.790. The number of para-hydroxylation sites is 2. The van der Waals surface area contributed by atoms with Gasteiger partial charge in [-0.05, 0) is 18.1 Å². The molecule has 0 radical (unpaired) electrons. The van der Waals surface area contributed by atoms with Crippen LogP contribution in [0, 0.1) is 0 Å². The molecule has 0 amide bonds. The summed E-state index contributed by atoms with van der Waals surface area (Å²) in [6, 6.07) is 6.39. The third-order valence-electron chi connectivity index (χ3n) is 3.05. The van der Waals surface area contributed by atoms with Gasteiger partial charge < -0.3 is 10.2 Å². The molecule has 106 valence electrons. The molecule has 0 aliphatic rings. The number of aliphatic carboxylic acids is 1. The molecule has 0 bridgehead atoms. The Morgan fingerprint density at radius 2 is 2.00 bits per heavy atom. The molecule has 0 saturated heterocycles. The topological polar surface area (TPSA) is 95.3 Å². The van der Waals surface area contributed by atoms with Crippen LogP contribution in [0.3, 0.4) is 0 Å². The third kappa shape index (κ3) is 2.45. The van der Waals surface area contributed by atoms with Crippen molar-refractivity contribution in [3.63, 3.8) is 0 Å². The summed E-state index contributed by atoms with van der Waals surface area (Å²) in [5.74, 6) is -1.13. The summed E-state index contributed by atoms with van der Waals surface area (Å²) in [5, 5.41) is 21.6. The normalized spacial score (nSPS) is 10.9. The Morgan fingerprint density at radius 1 is 1.35 bits per heavy atom. The van der Waals surface area contributed by atoms with Crippen molar-refractivity contribution in [2.45, 2.75) is 26.2 Å². The number of phenols is 1. The number of carboxylic acid groups (broad SMARTS) is 1. The van der Waals surface area contributed by atoms with Gasteiger partial charge in [0.1, 0.15) is 11.4 Å². The monoisotopic (exact) mass is 276 g/mol. The third-order valence-corrected chi connectivity index (χ3v) is 3.05. The predicted octanol–water partition coefficient (Wildman–Crippen LogP) is 1.62. The van der Waals surface area contributed by atoms with Gasteiger partial charge in [-0.25, -0.2) is 4.68 Å². The zero-order valence-electron chi connectivity index (χ0n) is 11.3. The number of aromatic nitrogens is 2. The minimum atomic E-state index is -1.06. The number of rotatable bonds is 4. The molecule has 6 heteroatoms. The van der Waals surface area contributed by atoms with E-state index in [1.54, 1.807) is 18.2 Å². The Morgan fingerprint density at radius 3 is 2.55 bits per heavy atom. The number of nitrogens with one attached hydrogen (secondary N) is 1. The molecule has 0 aliphatic heterocycles. The van der Waals surface area contributed by atoms with Gasteiger partial charge in [-0.1, -0.05) is 26.0 Å². The smallest absolute Gasteiger partial charge is 0.308 e. The van der Waals surface area contributed by atoms with Crippen LogP contribution in [0.4, 0.5) is 0 Å². The Labute approximate surface area is 115 Å². The van der Waals surface area contributed by atoms with Crippen molar-refractivity contribution in [1.82, 2.24) is 9.78 Å². The van der Waals surface area contributed by atoms with Crippen LogP contribution in [0.1, 0.15) is 31.0 Å². The van der Waals surface area contributed by atoms with E-state index in [0.29, 0.717) is 11.4 Å². The van der Waals surface area contributed by atoms with Gasteiger partial charge in [-0.2, -0.15) is 0 Å². The van der Waals surface area contributed by atoms with Gasteiger partial charge in [0, 0.05) is 5.69 Å². The van der Waals surface area contributed by atoms with Crippen molar-refractivity contribution >= 4 is 5.97 Å². The van der Waals surface area contributed by atoms with Crippen LogP contribution in [-0.2, 0) is 11.2 Å². The van der Waals surface area contributed by atoms with Crippen molar-refractivity contribution in [3.8, 4) is 11.4 Å². The van der Waals surface area contributed by atoms with E-state index in [1.165, 1.54) is 10.7 Å². The Kier molecular flexibility index (Phi) is 3.65. The van der Waals surface area contributed by atoms with Gasteiger partial charge in [0.25, 0.3) is 5.56 Å². The molecular formula is C14H16N2O4. The first-order valence-electron chi connectivity index (χ1n) is 6.25. The molecule has 20 heavy (non-hydrogen) atoms. The van der Waals surface area contributed by atoms with Crippen molar-refractivity contribution in [2.24, 2.45) is 0 Å². The molecule has 3 N–H and O–H groups in total. The molecule has 0 atom stereocenters. The van der Waals surface area contributed by atoms with Crippen LogP contribution >= 0.6 is 0 Å². The van der Waals surface area contributed by atoms with Crippen LogP contribution in [0.15, 0.2) is 29.1 Å². The number of benzene rings is 1. The molecule has 1 heterocycles. The summed E-state index contributed by atoms with van der Waals surface area (Å²) in [5.41, 5.74) is 0.644. The summed E-state index contributed by atoms with van der Waals surface area (Å²) in [6.45, 7) is 3.73. The second kappa shape index (κ2) is 5.24. The maximum absolute atomic E-state index is 12.3. The lowest BCUT2D eigenvalue weighted by atomic mass is 10.0. The van der Waals surface area contributed by atoms with Crippen molar-refractivity contribution in [1.29, 1.82) is 0 Å². The Bertz CT molecular complexity index is 697. The van der Waals surface area contributed by atoms with Crippen molar-refractivity contribution in [3.05, 3.63) is 45.9 Å². The van der Waals surface area contributed by atoms with E-state index in [9.17, 15) is 14.7 Å². The molecule has 1 aromatic carbocycles. The zero-order valence-corrected chi connectivity index (χ0v) is 11.3. The number of nitrogens with zero attached hydrogens (tertiary/aromatic N) is 1. The van der Waals surface area contributed by atoms with Crippen LogP contribution in [-0.4, -0.2) is 26.0 Å². The maximum Gasteiger partial charge on any atom is 0.308 e. The average molecular weight is 276 g/mol. The van der Waals surface area contributed by atoms with Gasteiger partial charge in [0.15, 0.2) is 0 Å². The molecule has 0 unspecified atom stereocenters. The number of phenolic OH excluding ortho intramolecular Hbond substituents is 1. The van der Waals surface area contributed by atoms with Gasteiger partial charge in [-0.3, -0.25) is 14.7 Å². The van der Waals surface area contributed by atoms with E-state index < -0.39 is 11.5 Å². The number of carboxylic acids is 1. The van der Waals surface area contributed by atoms with Gasteiger partial charge in [0.05, 0.1) is 12.0 Å². The van der Waals surface area contributed by atoms with E-state index in [1.807, 2.05) is 13.8 Å². The zero-order chi connectivity index (χ0) is 14.9. The molecule has 2 rings (SSSR count). The number of aromatic amines is 1. The summed E-state index contributed by atoms with van der Waals surface area (Å²) < 4.78 is 1.18. The molecule has 0 saturated carbocycles. The minimum absolute atomic E-state index is 0.0239. The highest BCUT2D eigenvalue weighted by molar-refractivity contribution is 5.70. The van der Waals surface area contributed by atoms with Crippen LogP contribution in [0.25, 0.3) is 5.69 Å². The van der Waals surface area contributed by atoms with Gasteiger partial charge in [0.2, 0.25) is 0 Å². The van der Waals surface area contributed by atoms with E-state index >= 15 is 0 Å². The number of aromatic hydroxyl groups is 1. The highest BCUT2D eigenvalue weighted by Crippen LogP contribution is 2.21. The molecule has 2 aromatic rings. The fourth-order valence-corrected chi connectivity index (χ4v) is 2.11. The second-order valence-electron chi connectivity index (χ2n) is 4.86. The molecular weight excluding hydrogens is 260 g/mol. The maximum atomic E-state index is 12.3. The fraction of sp³-hybridized carbons (Fsp3) is 0.286. The van der Waals surface area contributed by atoms with Crippen molar-refractivity contribution in [2.75, 3.05) is 0 Å². The van der Waals surface area contributed by atoms with Crippen LogP contribution in [0.2, 0.25) is 0 Å². The number of hydrogen-bond acceptors (Lipinski definition) is 3. The van der Waals surface area contributed by atoms with Crippen molar-refractivity contribution < 1.29 is 15.0 Å². The SMILES string of the molecule is CC(C)c1[nH]n(-c2ccccc2O)c(=O)c1CC(=O)O. The average Bonchev–Trinajstić information content (AvgIpc) is 2.68. The van der Waals surface area contributed by atoms with Crippen LogP contribution < -0.4 is 5.56 Å². The first-order chi connectivity index (χ1) is 9.41. The van der Waals surface area contributed by atoms with E-state index in [-0.39, 0.29) is 23.7 Å². The largest absolute Gasteiger partial charge is 0.506 e. The lowest BCUT2D eigenvalue weighted by Crippen LogP contribution is -2.19. The summed E-state index contributed by atoms with van der Waals surface area (Å²) >= 11 is 0. The van der Waals surface area contributed by atoms with E-state index in [2.05, 4.69) is 5.10 Å². The fourth-order valence-electron chi connectivity index (χ4n) is 2.11. The standard InChI is InChI=1S/C14H16N2O4/c1-8(2)13-9(7-12(18)19)14(20)16(15-13)10-5-3-4-6-11(10)17/h3-6,8,15,17H,7H2,1-2H3,(H,18,19). The number of hydrogen-bond donors (Lipinski definition) is 3. The lowest BCUT2D eigenvalue weighted by molar-refractivity contribution is -0.136. The second-order valence-corrected chi connectivity index (χ2v) is 4.86. The Hall–Kier alpha value is -2.50. The number of carbonyl (C=O) groups is 1. The molecule has 6 nitrogen and oxygen atoms in total. The highest BCUT2D eigenvalue weighted by atomic mass is 16.4. The molecule has 0 spiro atoms. The Balaban J connectivity index is 2.65. The lowest BCUT2D eigenvalue weighted by Gasteiger charge is -2.05. The molecule has 0 aliphatic carbocycles. The summed E-state index contributed by atoms with van der Waals surface area (Å²) in [4.78, 5) is 23.2. The van der Waals surface area contributed by atoms with E-state index in [4.69, 9.17) is 5.11 Å². The number of H-pyrrole nitrogens is 1. The summed E-state index contributed by atoms with van der Waals surface area (Å²) in [7, 11) is 0. The predicted molar refractivity (Wildman–Crippen MR) is 73.5 cm³/mol. The van der Waals surface area contributed by atoms with Gasteiger partial charge >= 0.3 is 5.97 Å². The minimum Gasteiger partial charge on any atom is -0.506 e. The van der Waals surface area contributed by atoms with Gasteiger partial charge in [-0.15, -0.1) is 0 Å². The molecule has 1 aromatic heterocycles. The first kappa shape index (κ1) is 13.9. The first-order valence-corrected chi connectivity index (χ1v) is 6.25. The molecule has 0 fully saturated rings. The van der Waals surface area contributed by atoms with Crippen LogP contribution in [0.5, 0.6) is 5.75 Å². The highest BCUT2D eigenvalue weighted by Gasteiger charge is 2.20.